The van der Waals surface area contributed by atoms with Crippen molar-refractivity contribution < 1.29 is 13.5 Å². The van der Waals surface area contributed by atoms with Gasteiger partial charge in [-0.1, -0.05) is 0 Å². The maximum atomic E-state index is 11.9. The maximum absolute atomic E-state index is 11.9. The summed E-state index contributed by atoms with van der Waals surface area (Å²) in [5, 5.41) is 2.33. The number of nitrogens with two attached hydrogens (primary N) is 1. The fraction of sp³-hybridized carbons (Fsp3) is 0.571. The van der Waals surface area contributed by atoms with Gasteiger partial charge in [-0.3, -0.25) is 5.43 Å². The highest BCUT2D eigenvalue weighted by atomic mass is 19.3. The number of anilines is 2. The van der Waals surface area contributed by atoms with Crippen molar-refractivity contribution in [2.24, 2.45) is 5.84 Å². The molecule has 7 nitrogen and oxygen atoms in total. The van der Waals surface area contributed by atoms with Gasteiger partial charge in [0.05, 0.1) is 13.2 Å². The van der Waals surface area contributed by atoms with E-state index in [1.54, 1.807) is 6.92 Å². The minimum absolute atomic E-state index is 0.0159. The van der Waals surface area contributed by atoms with Crippen LogP contribution < -0.4 is 21.3 Å². The van der Waals surface area contributed by atoms with Gasteiger partial charge in [0.2, 0.25) is 11.9 Å². The smallest absolute Gasteiger partial charge is 0.323 e. The molecule has 0 saturated heterocycles. The average Bonchev–Trinajstić information content (AvgIpc) is 2.26. The van der Waals surface area contributed by atoms with Crippen molar-refractivity contribution in [2.75, 3.05) is 23.9 Å². The number of rotatable bonds is 6. The van der Waals surface area contributed by atoms with Crippen LogP contribution in [0, 0.1) is 0 Å². The van der Waals surface area contributed by atoms with E-state index in [4.69, 9.17) is 10.6 Å². The van der Waals surface area contributed by atoms with Crippen molar-refractivity contribution in [3.8, 4) is 6.01 Å². The summed E-state index contributed by atoms with van der Waals surface area (Å²) in [7, 11) is 0. The van der Waals surface area contributed by atoms with Gasteiger partial charge in [-0.25, -0.2) is 14.6 Å². The number of hydrogen-bond donors (Lipinski definition) is 3. The van der Waals surface area contributed by atoms with Crippen LogP contribution in [0.15, 0.2) is 0 Å². The molecule has 90 valence electrons. The fourth-order valence-corrected chi connectivity index (χ4v) is 0.862. The first-order valence-corrected chi connectivity index (χ1v) is 4.53. The number of nitrogen functional groups attached to an aromatic ring is 1. The zero-order valence-electron chi connectivity index (χ0n) is 8.57. The highest BCUT2D eigenvalue weighted by molar-refractivity contribution is 5.34. The van der Waals surface area contributed by atoms with Gasteiger partial charge in [-0.05, 0) is 6.92 Å². The van der Waals surface area contributed by atoms with Crippen LogP contribution in [-0.4, -0.2) is 34.5 Å². The summed E-state index contributed by atoms with van der Waals surface area (Å²) in [5.74, 6) is 5.12. The van der Waals surface area contributed by atoms with Gasteiger partial charge in [0.25, 0.3) is 6.43 Å². The Balaban J connectivity index is 2.77. The number of alkyl halides is 2. The second-order valence-electron chi connectivity index (χ2n) is 2.61. The Labute approximate surface area is 90.4 Å². The summed E-state index contributed by atoms with van der Waals surface area (Å²) in [4.78, 5) is 11.2. The molecule has 0 bridgehead atoms. The Morgan fingerprint density at radius 2 is 2.00 bits per heavy atom. The second-order valence-corrected chi connectivity index (χ2v) is 2.61. The molecule has 0 atom stereocenters. The summed E-state index contributed by atoms with van der Waals surface area (Å²) in [6, 6.07) is 0.0159. The van der Waals surface area contributed by atoms with E-state index in [0.717, 1.165) is 0 Å². The molecular formula is C7H12F2N6O. The number of nitrogens with zero attached hydrogens (tertiary/aromatic N) is 3. The number of halogens is 2. The first-order valence-electron chi connectivity index (χ1n) is 4.53. The van der Waals surface area contributed by atoms with Gasteiger partial charge in [0, 0.05) is 0 Å². The standard InChI is InChI=1S/C7H12F2N6O/c1-2-16-7-13-5(11-3-4(8)9)12-6(14-7)15-10/h4H,2-3,10H2,1H3,(H2,11,12,13,14,15). The Kier molecular flexibility index (Phi) is 4.58. The van der Waals surface area contributed by atoms with Crippen molar-refractivity contribution >= 4 is 11.9 Å². The fourth-order valence-electron chi connectivity index (χ4n) is 0.862. The Morgan fingerprint density at radius 3 is 2.56 bits per heavy atom. The van der Waals surface area contributed by atoms with Crippen molar-refractivity contribution in [2.45, 2.75) is 13.3 Å². The molecule has 0 aliphatic heterocycles. The van der Waals surface area contributed by atoms with Gasteiger partial charge >= 0.3 is 6.01 Å². The topological polar surface area (TPSA) is 98.0 Å². The molecule has 4 N–H and O–H groups in total. The molecule has 9 heteroatoms. The number of nitrogens with one attached hydrogen (secondary N) is 2. The highest BCUT2D eigenvalue weighted by Gasteiger charge is 2.08. The summed E-state index contributed by atoms with van der Waals surface area (Å²) < 4.78 is 28.9. The summed E-state index contributed by atoms with van der Waals surface area (Å²) in [6.07, 6.45) is -2.50. The van der Waals surface area contributed by atoms with Crippen LogP contribution in [0.3, 0.4) is 0 Å². The van der Waals surface area contributed by atoms with E-state index >= 15 is 0 Å². The molecule has 1 aromatic heterocycles. The molecule has 0 unspecified atom stereocenters. The van der Waals surface area contributed by atoms with Crippen molar-refractivity contribution in [3.05, 3.63) is 0 Å². The van der Waals surface area contributed by atoms with E-state index in [0.29, 0.717) is 6.61 Å². The van der Waals surface area contributed by atoms with Crippen LogP contribution in [0.1, 0.15) is 6.92 Å². The molecule has 0 fully saturated rings. The largest absolute Gasteiger partial charge is 0.464 e. The molecule has 0 aliphatic carbocycles. The van der Waals surface area contributed by atoms with E-state index in [-0.39, 0.29) is 17.9 Å². The molecular weight excluding hydrogens is 222 g/mol. The Bertz CT molecular complexity index is 337. The third kappa shape index (κ3) is 3.77. The van der Waals surface area contributed by atoms with E-state index in [9.17, 15) is 8.78 Å². The monoisotopic (exact) mass is 234 g/mol. The molecule has 0 amide bonds. The van der Waals surface area contributed by atoms with Crippen LogP contribution in [0.2, 0.25) is 0 Å². The minimum atomic E-state index is -2.50. The van der Waals surface area contributed by atoms with E-state index in [1.807, 2.05) is 0 Å². The van der Waals surface area contributed by atoms with Gasteiger partial charge in [-0.2, -0.15) is 15.0 Å². The third-order valence-corrected chi connectivity index (χ3v) is 1.43. The molecule has 1 heterocycles. The number of hydrazine groups is 1. The Morgan fingerprint density at radius 1 is 1.31 bits per heavy atom. The number of hydrogen-bond acceptors (Lipinski definition) is 7. The first kappa shape index (κ1) is 12.3. The molecule has 0 spiro atoms. The third-order valence-electron chi connectivity index (χ3n) is 1.43. The van der Waals surface area contributed by atoms with Gasteiger partial charge in [0.15, 0.2) is 0 Å². The normalized spacial score (nSPS) is 10.3. The van der Waals surface area contributed by atoms with Gasteiger partial charge in [-0.15, -0.1) is 0 Å². The lowest BCUT2D eigenvalue weighted by molar-refractivity contribution is 0.163. The van der Waals surface area contributed by atoms with Crippen LogP contribution in [0.4, 0.5) is 20.7 Å². The maximum Gasteiger partial charge on any atom is 0.323 e. The predicted octanol–water partition coefficient (Wildman–Crippen LogP) is 0.233. The molecule has 0 radical (unpaired) electrons. The van der Waals surface area contributed by atoms with E-state index < -0.39 is 13.0 Å². The Hall–Kier alpha value is -1.77. The lowest BCUT2D eigenvalue weighted by Crippen LogP contribution is -2.17. The van der Waals surface area contributed by atoms with Crippen molar-refractivity contribution in [3.63, 3.8) is 0 Å². The summed E-state index contributed by atoms with van der Waals surface area (Å²) in [6.45, 7) is 1.54. The quantitative estimate of drug-likeness (QED) is 0.478. The average molecular weight is 234 g/mol. The SMILES string of the molecule is CCOc1nc(NN)nc(NCC(F)F)n1. The second kappa shape index (κ2) is 5.95. The molecule has 0 aromatic carbocycles. The van der Waals surface area contributed by atoms with Gasteiger partial charge < -0.3 is 10.1 Å². The number of aromatic nitrogens is 3. The predicted molar refractivity (Wildman–Crippen MR) is 53.3 cm³/mol. The zero-order chi connectivity index (χ0) is 12.0. The van der Waals surface area contributed by atoms with E-state index in [2.05, 4.69) is 25.7 Å². The van der Waals surface area contributed by atoms with Crippen LogP contribution in [0.5, 0.6) is 6.01 Å². The van der Waals surface area contributed by atoms with Gasteiger partial charge in [0.1, 0.15) is 0 Å². The molecule has 1 aromatic rings. The lowest BCUT2D eigenvalue weighted by Gasteiger charge is -2.07. The molecule has 16 heavy (non-hydrogen) atoms. The first-order chi connectivity index (χ1) is 7.65. The van der Waals surface area contributed by atoms with E-state index in [1.165, 1.54) is 0 Å². The highest BCUT2D eigenvalue weighted by Crippen LogP contribution is 2.10. The zero-order valence-corrected chi connectivity index (χ0v) is 8.57. The molecule has 1 rings (SSSR count). The summed E-state index contributed by atoms with van der Waals surface area (Å²) >= 11 is 0. The minimum Gasteiger partial charge on any atom is -0.464 e. The van der Waals surface area contributed by atoms with Crippen molar-refractivity contribution in [1.82, 2.24) is 15.0 Å². The van der Waals surface area contributed by atoms with Crippen LogP contribution in [-0.2, 0) is 0 Å². The van der Waals surface area contributed by atoms with Crippen LogP contribution in [0.25, 0.3) is 0 Å². The molecule has 0 saturated carbocycles. The number of ether oxygens (including phenoxy) is 1. The summed E-state index contributed by atoms with van der Waals surface area (Å²) in [5.41, 5.74) is 2.18. The lowest BCUT2D eigenvalue weighted by atomic mass is 10.6. The molecule has 0 aliphatic rings. The van der Waals surface area contributed by atoms with Crippen molar-refractivity contribution in [1.29, 1.82) is 0 Å². The van der Waals surface area contributed by atoms with Crippen LogP contribution >= 0.6 is 0 Å².